The Kier molecular flexibility index (Phi) is 7.27. The number of benzene rings is 2. The van der Waals surface area contributed by atoms with E-state index in [4.69, 9.17) is 4.74 Å². The zero-order valence-electron chi connectivity index (χ0n) is 19.5. The van der Waals surface area contributed by atoms with E-state index in [2.05, 4.69) is 76.6 Å². The summed E-state index contributed by atoms with van der Waals surface area (Å²) in [5, 5.41) is 10.4. The summed E-state index contributed by atoms with van der Waals surface area (Å²) in [4.78, 5) is 2.58. The molecule has 1 fully saturated rings. The quantitative estimate of drug-likeness (QED) is 0.282. The van der Waals surface area contributed by atoms with Crippen LogP contribution in [-0.4, -0.2) is 40.8 Å². The van der Waals surface area contributed by atoms with Gasteiger partial charge in [-0.05, 0) is 92.9 Å². The molecule has 0 spiro atoms. The number of fused-ring (bicyclic) bond motifs is 1. The van der Waals surface area contributed by atoms with Crippen LogP contribution in [0.4, 0.5) is 0 Å². The van der Waals surface area contributed by atoms with Crippen LogP contribution in [0.2, 0.25) is 0 Å². The first-order valence-corrected chi connectivity index (χ1v) is 13.3. The van der Waals surface area contributed by atoms with Gasteiger partial charge in [0.1, 0.15) is 10.8 Å². The number of hydrogen-bond donors (Lipinski definition) is 0. The Hall–Kier alpha value is -2.37. The van der Waals surface area contributed by atoms with Gasteiger partial charge in [0.15, 0.2) is 0 Å². The Morgan fingerprint density at radius 2 is 1.79 bits per heavy atom. The molecule has 1 aliphatic carbocycles. The molecular weight excluding hydrogens is 426 g/mol. The largest absolute Gasteiger partial charge is 0.494 e. The smallest absolute Gasteiger partial charge is 0.123 e. The van der Waals surface area contributed by atoms with Crippen LogP contribution in [0.25, 0.3) is 11.3 Å². The summed E-state index contributed by atoms with van der Waals surface area (Å²) in [6.07, 6.45) is 7.13. The van der Waals surface area contributed by atoms with Crippen LogP contribution in [0, 0.1) is 0 Å². The Morgan fingerprint density at radius 3 is 2.58 bits per heavy atom. The van der Waals surface area contributed by atoms with Crippen molar-refractivity contribution in [1.82, 2.24) is 15.1 Å². The Bertz CT molecular complexity index is 1050. The van der Waals surface area contributed by atoms with Gasteiger partial charge in [-0.2, -0.15) is 0 Å². The van der Waals surface area contributed by atoms with Gasteiger partial charge in [-0.25, -0.2) is 0 Å². The first-order chi connectivity index (χ1) is 16.3. The third-order valence-corrected chi connectivity index (χ3v) is 7.98. The predicted octanol–water partition coefficient (Wildman–Crippen LogP) is 6.18. The fourth-order valence-electron chi connectivity index (χ4n) is 5.02. The first kappa shape index (κ1) is 22.4. The van der Waals surface area contributed by atoms with Gasteiger partial charge in [0.05, 0.1) is 12.3 Å². The average Bonchev–Trinajstić information content (AvgIpc) is 3.51. The number of hydrogen-bond acceptors (Lipinski definition) is 5. The second-order valence-electron chi connectivity index (χ2n) is 9.19. The van der Waals surface area contributed by atoms with E-state index in [0.717, 1.165) is 66.2 Å². The van der Waals surface area contributed by atoms with Crippen molar-refractivity contribution in [1.29, 1.82) is 0 Å². The van der Waals surface area contributed by atoms with Crippen LogP contribution in [0.1, 0.15) is 49.3 Å². The second kappa shape index (κ2) is 10.7. The van der Waals surface area contributed by atoms with E-state index >= 15 is 0 Å². The summed E-state index contributed by atoms with van der Waals surface area (Å²) in [6.45, 7) is 5.48. The van der Waals surface area contributed by atoms with Gasteiger partial charge in [-0.15, -0.1) is 10.2 Å². The monoisotopic (exact) mass is 459 g/mol. The minimum Gasteiger partial charge on any atom is -0.494 e. The lowest BCUT2D eigenvalue weighted by Gasteiger charge is -2.20. The zero-order chi connectivity index (χ0) is 22.5. The van der Waals surface area contributed by atoms with E-state index in [1.54, 1.807) is 0 Å². The molecular formula is C28H33N3OS. The van der Waals surface area contributed by atoms with Crippen LogP contribution in [-0.2, 0) is 18.6 Å². The fraction of sp³-hybridized carbons (Fsp3) is 0.429. The summed E-state index contributed by atoms with van der Waals surface area (Å²) in [5.41, 5.74) is 6.29. The molecule has 0 radical (unpaired) electrons. The molecule has 172 valence electrons. The molecule has 2 aromatic carbocycles. The van der Waals surface area contributed by atoms with Crippen molar-refractivity contribution in [2.24, 2.45) is 0 Å². The molecule has 0 unspecified atom stereocenters. The fourth-order valence-corrected chi connectivity index (χ4v) is 6.02. The molecule has 1 aliphatic heterocycles. The standard InChI is InChI=1S/C28H33N3OS/c1-21-8-6-17-31(21)18-7-19-32-24-15-13-23(14-16-24)27-25-11-5-12-26(25)28(30-29-27)33-20-22-9-3-2-4-10-22/h2-4,9-10,13-16,21H,5-8,11-12,17-20H2,1H3/t21-/m1/s1. The van der Waals surface area contributed by atoms with Crippen LogP contribution in [0.3, 0.4) is 0 Å². The summed E-state index contributed by atoms with van der Waals surface area (Å²) in [6, 6.07) is 19.8. The maximum atomic E-state index is 6.01. The number of aromatic nitrogens is 2. The molecule has 33 heavy (non-hydrogen) atoms. The van der Waals surface area contributed by atoms with Crippen LogP contribution >= 0.6 is 11.8 Å². The zero-order valence-corrected chi connectivity index (χ0v) is 20.3. The van der Waals surface area contributed by atoms with Gasteiger partial charge in [-0.1, -0.05) is 42.1 Å². The maximum Gasteiger partial charge on any atom is 0.123 e. The highest BCUT2D eigenvalue weighted by Gasteiger charge is 2.22. The molecule has 4 nitrogen and oxygen atoms in total. The van der Waals surface area contributed by atoms with Crippen molar-refractivity contribution in [3.8, 4) is 17.0 Å². The molecule has 1 aromatic heterocycles. The second-order valence-corrected chi connectivity index (χ2v) is 10.2. The Balaban J connectivity index is 1.20. The van der Waals surface area contributed by atoms with Crippen LogP contribution < -0.4 is 4.74 Å². The van der Waals surface area contributed by atoms with Gasteiger partial charge < -0.3 is 9.64 Å². The van der Waals surface area contributed by atoms with Gasteiger partial charge in [0.25, 0.3) is 0 Å². The summed E-state index contributed by atoms with van der Waals surface area (Å²) in [7, 11) is 0. The molecule has 2 heterocycles. The van der Waals surface area contributed by atoms with Gasteiger partial charge in [0, 0.05) is 23.9 Å². The summed E-state index contributed by atoms with van der Waals surface area (Å²) in [5.74, 6) is 1.87. The maximum absolute atomic E-state index is 6.01. The highest BCUT2D eigenvalue weighted by molar-refractivity contribution is 7.98. The lowest BCUT2D eigenvalue weighted by molar-refractivity contribution is 0.230. The molecule has 1 atom stereocenters. The minimum atomic E-state index is 0.732. The van der Waals surface area contributed by atoms with E-state index in [1.165, 1.54) is 42.5 Å². The first-order valence-electron chi connectivity index (χ1n) is 12.3. The molecule has 0 bridgehead atoms. The number of ether oxygens (including phenoxy) is 1. The highest BCUT2D eigenvalue weighted by Crippen LogP contribution is 2.36. The van der Waals surface area contributed by atoms with Crippen molar-refractivity contribution < 1.29 is 4.74 Å². The van der Waals surface area contributed by atoms with Gasteiger partial charge >= 0.3 is 0 Å². The van der Waals surface area contributed by atoms with Gasteiger partial charge in [0.2, 0.25) is 0 Å². The average molecular weight is 460 g/mol. The van der Waals surface area contributed by atoms with Crippen molar-refractivity contribution >= 4 is 11.8 Å². The lowest BCUT2D eigenvalue weighted by Crippen LogP contribution is -2.28. The lowest BCUT2D eigenvalue weighted by atomic mass is 10.0. The number of thioether (sulfide) groups is 1. The van der Waals surface area contributed by atoms with Crippen molar-refractivity contribution in [2.45, 2.75) is 62.3 Å². The molecule has 0 N–H and O–H groups in total. The number of likely N-dealkylation sites (tertiary alicyclic amines) is 1. The Labute approximate surface area is 201 Å². The van der Waals surface area contributed by atoms with Crippen LogP contribution in [0.15, 0.2) is 59.6 Å². The van der Waals surface area contributed by atoms with Gasteiger partial charge in [-0.3, -0.25) is 0 Å². The Morgan fingerprint density at radius 1 is 0.970 bits per heavy atom. The van der Waals surface area contributed by atoms with E-state index in [-0.39, 0.29) is 0 Å². The third-order valence-electron chi connectivity index (χ3n) is 6.90. The SMILES string of the molecule is C[C@@H]1CCCN1CCCOc1ccc(-c2nnc(SCc3ccccc3)c3c2CCC3)cc1. The molecule has 0 saturated carbocycles. The molecule has 5 heteroatoms. The van der Waals surface area contributed by atoms with E-state index in [1.807, 2.05) is 11.8 Å². The van der Waals surface area contributed by atoms with E-state index in [0.29, 0.717) is 0 Å². The molecule has 1 saturated heterocycles. The topological polar surface area (TPSA) is 38.2 Å². The predicted molar refractivity (Wildman–Crippen MR) is 136 cm³/mol. The number of rotatable bonds is 9. The minimum absolute atomic E-state index is 0.732. The van der Waals surface area contributed by atoms with Crippen LogP contribution in [0.5, 0.6) is 5.75 Å². The summed E-state index contributed by atoms with van der Waals surface area (Å²) < 4.78 is 6.01. The molecule has 0 amide bonds. The molecule has 5 rings (SSSR count). The van der Waals surface area contributed by atoms with Crippen molar-refractivity contribution in [2.75, 3.05) is 19.7 Å². The normalized spacial score (nSPS) is 17.9. The van der Waals surface area contributed by atoms with Crippen molar-refractivity contribution in [3.05, 3.63) is 71.3 Å². The molecule has 2 aliphatic rings. The number of nitrogens with zero attached hydrogens (tertiary/aromatic N) is 3. The molecule has 3 aromatic rings. The van der Waals surface area contributed by atoms with E-state index in [9.17, 15) is 0 Å². The third kappa shape index (κ3) is 5.42. The van der Waals surface area contributed by atoms with Crippen molar-refractivity contribution in [3.63, 3.8) is 0 Å². The van der Waals surface area contributed by atoms with E-state index < -0.39 is 0 Å². The highest BCUT2D eigenvalue weighted by atomic mass is 32.2. The summed E-state index contributed by atoms with van der Waals surface area (Å²) >= 11 is 1.81.